The first-order chi connectivity index (χ1) is 9.17. The van der Waals surface area contributed by atoms with Gasteiger partial charge in [-0.05, 0) is 38.3 Å². The summed E-state index contributed by atoms with van der Waals surface area (Å²) < 4.78 is 5.45. The van der Waals surface area contributed by atoms with Crippen molar-refractivity contribution in [3.63, 3.8) is 0 Å². The zero-order valence-corrected chi connectivity index (χ0v) is 12.2. The Morgan fingerprint density at radius 1 is 1.42 bits per heavy atom. The van der Waals surface area contributed by atoms with Gasteiger partial charge < -0.3 is 15.4 Å². The Kier molecular flexibility index (Phi) is 4.64. The van der Waals surface area contributed by atoms with Crippen LogP contribution in [0.3, 0.4) is 0 Å². The molecule has 0 aliphatic heterocycles. The molecule has 0 aromatic carbocycles. The largest absolute Gasteiger partial charge is 0.493 e. The summed E-state index contributed by atoms with van der Waals surface area (Å²) in [5.74, 6) is 1.42. The zero-order valence-electron chi connectivity index (χ0n) is 12.2. The summed E-state index contributed by atoms with van der Waals surface area (Å²) in [5, 5.41) is 0. The molecule has 1 heterocycles. The van der Waals surface area contributed by atoms with Crippen LogP contribution in [0.5, 0.6) is 5.75 Å². The van der Waals surface area contributed by atoms with Gasteiger partial charge in [0.05, 0.1) is 19.0 Å². The fourth-order valence-electron chi connectivity index (χ4n) is 3.12. The normalized spacial score (nSPS) is 23.2. The van der Waals surface area contributed by atoms with Gasteiger partial charge in [-0.1, -0.05) is 12.8 Å². The molecule has 0 amide bonds. The highest BCUT2D eigenvalue weighted by molar-refractivity contribution is 5.58. The van der Waals surface area contributed by atoms with Crippen LogP contribution in [0.4, 0.5) is 5.69 Å². The number of nitrogens with two attached hydrogens (primary N) is 1. The third-order valence-electron chi connectivity index (χ3n) is 4.25. The lowest BCUT2D eigenvalue weighted by Crippen LogP contribution is -2.43. The maximum atomic E-state index is 5.94. The van der Waals surface area contributed by atoms with Crippen LogP contribution in [0.2, 0.25) is 0 Å². The quantitative estimate of drug-likeness (QED) is 0.906. The summed E-state index contributed by atoms with van der Waals surface area (Å²) in [5.41, 5.74) is 8.08. The average molecular weight is 263 g/mol. The second-order valence-electron chi connectivity index (χ2n) is 5.46. The van der Waals surface area contributed by atoms with Crippen LogP contribution in [0.1, 0.15) is 31.4 Å². The molecule has 2 rings (SSSR count). The van der Waals surface area contributed by atoms with Crippen LogP contribution in [0, 0.1) is 12.8 Å². The van der Waals surface area contributed by atoms with Gasteiger partial charge in [0, 0.05) is 18.8 Å². The number of anilines is 1. The predicted octanol–water partition coefficient (Wildman–Crippen LogP) is 2.35. The number of pyridine rings is 1. The Bertz CT molecular complexity index is 422. The molecule has 4 nitrogen and oxygen atoms in total. The van der Waals surface area contributed by atoms with Crippen LogP contribution >= 0.6 is 0 Å². The highest BCUT2D eigenvalue weighted by Gasteiger charge is 2.28. The number of ether oxygens (including phenoxy) is 1. The second-order valence-corrected chi connectivity index (χ2v) is 5.46. The second kappa shape index (κ2) is 6.24. The molecule has 0 spiro atoms. The predicted molar refractivity (Wildman–Crippen MR) is 78.7 cm³/mol. The van der Waals surface area contributed by atoms with Crippen LogP contribution in [-0.4, -0.2) is 31.7 Å². The van der Waals surface area contributed by atoms with E-state index in [2.05, 4.69) is 23.0 Å². The van der Waals surface area contributed by atoms with Gasteiger partial charge in [0.25, 0.3) is 0 Å². The Labute approximate surface area is 116 Å². The zero-order chi connectivity index (χ0) is 13.8. The molecule has 1 aliphatic carbocycles. The lowest BCUT2D eigenvalue weighted by molar-refractivity contribution is 0.304. The average Bonchev–Trinajstić information content (AvgIpc) is 2.46. The van der Waals surface area contributed by atoms with Crippen LogP contribution in [-0.2, 0) is 0 Å². The summed E-state index contributed by atoms with van der Waals surface area (Å²) in [6.45, 7) is 2.78. The minimum absolute atomic E-state index is 0.509. The van der Waals surface area contributed by atoms with Gasteiger partial charge in [-0.15, -0.1) is 0 Å². The highest BCUT2D eigenvalue weighted by Crippen LogP contribution is 2.34. The molecule has 2 N–H and O–H groups in total. The Balaban J connectivity index is 2.26. The van der Waals surface area contributed by atoms with Crippen molar-refractivity contribution in [2.75, 3.05) is 25.6 Å². The standard InChI is InChI=1S/C15H25N3O/c1-11-8-14(15(19-3)10-17-11)18(2)13-7-5-4-6-12(13)9-16/h8,10,12-13H,4-7,9,16H2,1-3H3. The topological polar surface area (TPSA) is 51.4 Å². The van der Waals surface area contributed by atoms with Crippen molar-refractivity contribution in [2.45, 2.75) is 38.6 Å². The molecule has 4 heteroatoms. The molecular formula is C15H25N3O. The molecule has 1 aliphatic rings. The van der Waals surface area contributed by atoms with E-state index in [9.17, 15) is 0 Å². The number of aryl methyl sites for hydroxylation is 1. The maximum Gasteiger partial charge on any atom is 0.160 e. The van der Waals surface area contributed by atoms with Gasteiger partial charge in [-0.25, -0.2) is 0 Å². The summed E-state index contributed by atoms with van der Waals surface area (Å²) in [7, 11) is 3.85. The molecule has 0 radical (unpaired) electrons. The number of hydrogen-bond donors (Lipinski definition) is 1. The van der Waals surface area contributed by atoms with E-state index >= 15 is 0 Å². The Hall–Kier alpha value is -1.29. The van der Waals surface area contributed by atoms with E-state index < -0.39 is 0 Å². The van der Waals surface area contributed by atoms with Crippen molar-refractivity contribution in [2.24, 2.45) is 11.7 Å². The van der Waals surface area contributed by atoms with Gasteiger partial charge >= 0.3 is 0 Å². The molecule has 0 bridgehead atoms. The van der Waals surface area contributed by atoms with E-state index in [0.29, 0.717) is 12.0 Å². The fourth-order valence-corrected chi connectivity index (χ4v) is 3.12. The third kappa shape index (κ3) is 3.00. The molecule has 1 aromatic rings. The molecule has 19 heavy (non-hydrogen) atoms. The first-order valence-corrected chi connectivity index (χ1v) is 7.11. The number of nitrogens with zero attached hydrogens (tertiary/aromatic N) is 2. The molecule has 1 aromatic heterocycles. The van der Waals surface area contributed by atoms with Crippen LogP contribution in [0.15, 0.2) is 12.3 Å². The van der Waals surface area contributed by atoms with Crippen molar-refractivity contribution in [3.05, 3.63) is 18.0 Å². The van der Waals surface area contributed by atoms with Gasteiger partial charge in [0.15, 0.2) is 5.75 Å². The lowest BCUT2D eigenvalue weighted by Gasteiger charge is -2.39. The highest BCUT2D eigenvalue weighted by atomic mass is 16.5. The van der Waals surface area contributed by atoms with Gasteiger partial charge in [0.1, 0.15) is 0 Å². The molecule has 1 saturated carbocycles. The summed E-state index contributed by atoms with van der Waals surface area (Å²) in [4.78, 5) is 6.64. The minimum Gasteiger partial charge on any atom is -0.493 e. The molecule has 1 fully saturated rings. The van der Waals surface area contributed by atoms with Crippen molar-refractivity contribution in [1.82, 2.24) is 4.98 Å². The number of hydrogen-bond acceptors (Lipinski definition) is 4. The van der Waals surface area contributed by atoms with E-state index in [1.54, 1.807) is 13.3 Å². The van der Waals surface area contributed by atoms with E-state index in [1.165, 1.54) is 25.7 Å². The third-order valence-corrected chi connectivity index (χ3v) is 4.25. The summed E-state index contributed by atoms with van der Waals surface area (Å²) in [6, 6.07) is 2.61. The van der Waals surface area contributed by atoms with Crippen LogP contribution in [0.25, 0.3) is 0 Å². The number of methoxy groups -OCH3 is 1. The van der Waals surface area contributed by atoms with Crippen molar-refractivity contribution in [3.8, 4) is 5.75 Å². The van der Waals surface area contributed by atoms with Gasteiger partial charge in [-0.3, -0.25) is 4.98 Å². The van der Waals surface area contributed by atoms with E-state index in [-0.39, 0.29) is 0 Å². The van der Waals surface area contributed by atoms with Crippen molar-refractivity contribution < 1.29 is 4.74 Å². The lowest BCUT2D eigenvalue weighted by atomic mass is 9.83. The monoisotopic (exact) mass is 263 g/mol. The molecular weight excluding hydrogens is 238 g/mol. The SMILES string of the molecule is COc1cnc(C)cc1N(C)C1CCCCC1CN. The van der Waals surface area contributed by atoms with E-state index in [0.717, 1.165) is 23.7 Å². The first kappa shape index (κ1) is 14.1. The smallest absolute Gasteiger partial charge is 0.160 e. The maximum absolute atomic E-state index is 5.94. The molecule has 0 saturated heterocycles. The van der Waals surface area contributed by atoms with Gasteiger partial charge in [-0.2, -0.15) is 0 Å². The van der Waals surface area contributed by atoms with Crippen molar-refractivity contribution >= 4 is 5.69 Å². The fraction of sp³-hybridized carbons (Fsp3) is 0.667. The molecule has 2 unspecified atom stereocenters. The molecule has 106 valence electrons. The first-order valence-electron chi connectivity index (χ1n) is 7.11. The van der Waals surface area contributed by atoms with Crippen LogP contribution < -0.4 is 15.4 Å². The molecule has 2 atom stereocenters. The number of aromatic nitrogens is 1. The Morgan fingerprint density at radius 2 is 2.16 bits per heavy atom. The number of rotatable bonds is 4. The minimum atomic E-state index is 0.509. The summed E-state index contributed by atoms with van der Waals surface area (Å²) in [6.07, 6.45) is 6.85. The Morgan fingerprint density at radius 3 is 2.84 bits per heavy atom. The summed E-state index contributed by atoms with van der Waals surface area (Å²) >= 11 is 0. The van der Waals surface area contributed by atoms with Gasteiger partial charge in [0.2, 0.25) is 0 Å². The van der Waals surface area contributed by atoms with E-state index in [1.807, 2.05) is 6.92 Å². The van der Waals surface area contributed by atoms with Crippen molar-refractivity contribution in [1.29, 1.82) is 0 Å². The van der Waals surface area contributed by atoms with E-state index in [4.69, 9.17) is 10.5 Å².